The van der Waals surface area contributed by atoms with Crippen molar-refractivity contribution in [3.8, 4) is 0 Å². The Balaban J connectivity index is 2.03. The first-order chi connectivity index (χ1) is 10.7. The first-order valence-electron chi connectivity index (χ1n) is 7.43. The summed E-state index contributed by atoms with van der Waals surface area (Å²) in [6.45, 7) is 2.01. The molecular weight excluding hydrogens is 296 g/mol. The van der Waals surface area contributed by atoms with Crippen molar-refractivity contribution >= 4 is 23.3 Å². The van der Waals surface area contributed by atoms with Crippen LogP contribution in [0, 0.1) is 5.92 Å². The lowest BCUT2D eigenvalue weighted by atomic mass is 9.82. The number of hydrogen-bond acceptors (Lipinski definition) is 2. The number of carbonyl (C=O) groups excluding carboxylic acids is 1. The van der Waals surface area contributed by atoms with Gasteiger partial charge in [-0.25, -0.2) is 0 Å². The van der Waals surface area contributed by atoms with Crippen LogP contribution in [0.15, 0.2) is 60.7 Å². The molecule has 0 saturated heterocycles. The Morgan fingerprint density at radius 2 is 1.73 bits per heavy atom. The maximum atomic E-state index is 12.4. The highest BCUT2D eigenvalue weighted by Gasteiger charge is 2.33. The predicted octanol–water partition coefficient (Wildman–Crippen LogP) is 5.05. The Hall–Kier alpha value is -2.06. The minimum atomic E-state index is -0.163. The van der Waals surface area contributed by atoms with E-state index in [1.54, 1.807) is 0 Å². The fourth-order valence-electron chi connectivity index (χ4n) is 2.84. The van der Waals surface area contributed by atoms with Gasteiger partial charge >= 0.3 is 5.97 Å². The third-order valence-corrected chi connectivity index (χ3v) is 4.28. The zero-order valence-electron chi connectivity index (χ0n) is 12.3. The first kappa shape index (κ1) is 14.9. The fourth-order valence-corrected chi connectivity index (χ4v) is 2.96. The van der Waals surface area contributed by atoms with Crippen molar-refractivity contribution in [2.45, 2.75) is 19.3 Å². The molecule has 1 aliphatic heterocycles. The normalized spacial score (nSPS) is 21.2. The van der Waals surface area contributed by atoms with Gasteiger partial charge in [-0.05, 0) is 30.2 Å². The summed E-state index contributed by atoms with van der Waals surface area (Å²) >= 11 is 5.97. The Bertz CT molecular complexity index is 689. The van der Waals surface area contributed by atoms with Gasteiger partial charge in [0.2, 0.25) is 0 Å². The van der Waals surface area contributed by atoms with Crippen LogP contribution >= 0.6 is 11.6 Å². The molecule has 0 radical (unpaired) electrons. The summed E-state index contributed by atoms with van der Waals surface area (Å²) in [4.78, 5) is 12.4. The van der Waals surface area contributed by atoms with Gasteiger partial charge in [0.1, 0.15) is 5.76 Å². The van der Waals surface area contributed by atoms with Crippen molar-refractivity contribution in [1.29, 1.82) is 0 Å². The molecular formula is C19H17ClO2. The van der Waals surface area contributed by atoms with Crippen LogP contribution in [-0.2, 0) is 9.53 Å². The van der Waals surface area contributed by atoms with Gasteiger partial charge in [0, 0.05) is 16.5 Å². The molecule has 0 unspecified atom stereocenters. The summed E-state index contributed by atoms with van der Waals surface area (Å²) in [5.41, 5.74) is 2.01. The van der Waals surface area contributed by atoms with E-state index < -0.39 is 0 Å². The maximum Gasteiger partial charge on any atom is 0.315 e. The molecule has 0 aliphatic carbocycles. The van der Waals surface area contributed by atoms with Crippen LogP contribution in [0.3, 0.4) is 0 Å². The minimum Gasteiger partial charge on any atom is -0.426 e. The number of ether oxygens (including phenoxy) is 1. The number of hydrogen-bond donors (Lipinski definition) is 0. The molecule has 2 atom stereocenters. The van der Waals surface area contributed by atoms with Crippen molar-refractivity contribution < 1.29 is 9.53 Å². The largest absolute Gasteiger partial charge is 0.426 e. The van der Waals surface area contributed by atoms with E-state index >= 15 is 0 Å². The van der Waals surface area contributed by atoms with Crippen molar-refractivity contribution in [3.63, 3.8) is 0 Å². The van der Waals surface area contributed by atoms with Crippen LogP contribution in [0.5, 0.6) is 0 Å². The molecule has 2 aromatic carbocycles. The molecule has 0 bridgehead atoms. The molecule has 0 aromatic heterocycles. The SMILES string of the molecule is CC[C@H]1C(=O)OC(c2ccccc2)=C[C@@H]1c1ccc(Cl)cc1. The second-order valence-corrected chi connectivity index (χ2v) is 5.85. The quantitative estimate of drug-likeness (QED) is 0.741. The van der Waals surface area contributed by atoms with Crippen LogP contribution in [0.4, 0.5) is 0 Å². The number of rotatable bonds is 3. The number of carbonyl (C=O) groups is 1. The molecule has 1 heterocycles. The average Bonchev–Trinajstić information content (AvgIpc) is 2.55. The summed E-state index contributed by atoms with van der Waals surface area (Å²) in [6.07, 6.45) is 2.79. The fraction of sp³-hybridized carbons (Fsp3) is 0.211. The highest BCUT2D eigenvalue weighted by molar-refractivity contribution is 6.30. The van der Waals surface area contributed by atoms with E-state index in [-0.39, 0.29) is 17.8 Å². The van der Waals surface area contributed by atoms with Gasteiger partial charge in [-0.3, -0.25) is 4.79 Å². The maximum absolute atomic E-state index is 12.4. The lowest BCUT2D eigenvalue weighted by molar-refractivity contribution is -0.142. The molecule has 0 amide bonds. The summed E-state index contributed by atoms with van der Waals surface area (Å²) < 4.78 is 5.55. The van der Waals surface area contributed by atoms with Crippen molar-refractivity contribution in [3.05, 3.63) is 76.8 Å². The topological polar surface area (TPSA) is 26.3 Å². The molecule has 112 valence electrons. The number of cyclic esters (lactones) is 1. The van der Waals surface area contributed by atoms with Crippen LogP contribution in [0.2, 0.25) is 5.02 Å². The summed E-state index contributed by atoms with van der Waals surface area (Å²) in [7, 11) is 0. The molecule has 3 rings (SSSR count). The van der Waals surface area contributed by atoms with E-state index in [9.17, 15) is 4.79 Å². The smallest absolute Gasteiger partial charge is 0.315 e. The van der Waals surface area contributed by atoms with Crippen LogP contribution in [-0.4, -0.2) is 5.97 Å². The Morgan fingerprint density at radius 1 is 1.05 bits per heavy atom. The van der Waals surface area contributed by atoms with Gasteiger partial charge in [0.25, 0.3) is 0 Å². The third kappa shape index (κ3) is 2.93. The molecule has 0 spiro atoms. The Labute approximate surface area is 135 Å². The van der Waals surface area contributed by atoms with E-state index in [0.29, 0.717) is 10.8 Å². The van der Waals surface area contributed by atoms with Gasteiger partial charge in [0.15, 0.2) is 0 Å². The van der Waals surface area contributed by atoms with Gasteiger partial charge in [0.05, 0.1) is 5.92 Å². The van der Waals surface area contributed by atoms with Crippen LogP contribution in [0.1, 0.15) is 30.4 Å². The standard InChI is InChI=1S/C19H17ClO2/c1-2-16-17(13-8-10-15(20)11-9-13)12-18(22-19(16)21)14-6-4-3-5-7-14/h3-12,16-17H,2H2,1H3/t16-,17-/m1/s1. The second kappa shape index (κ2) is 6.37. The van der Waals surface area contributed by atoms with Gasteiger partial charge in [-0.15, -0.1) is 0 Å². The van der Waals surface area contributed by atoms with Crippen LogP contribution < -0.4 is 0 Å². The van der Waals surface area contributed by atoms with Crippen molar-refractivity contribution in [1.82, 2.24) is 0 Å². The number of halogens is 1. The number of allylic oxidation sites excluding steroid dienone is 1. The Kier molecular flexibility index (Phi) is 4.30. The van der Waals surface area contributed by atoms with Crippen LogP contribution in [0.25, 0.3) is 5.76 Å². The zero-order valence-corrected chi connectivity index (χ0v) is 13.1. The third-order valence-electron chi connectivity index (χ3n) is 4.03. The van der Waals surface area contributed by atoms with Gasteiger partial charge in [-0.1, -0.05) is 61.0 Å². The molecule has 1 aliphatic rings. The molecule has 0 N–H and O–H groups in total. The zero-order chi connectivity index (χ0) is 15.5. The molecule has 3 heteroatoms. The Morgan fingerprint density at radius 3 is 2.36 bits per heavy atom. The van der Waals surface area contributed by atoms with E-state index in [0.717, 1.165) is 17.5 Å². The molecule has 0 saturated carbocycles. The monoisotopic (exact) mass is 312 g/mol. The molecule has 2 nitrogen and oxygen atoms in total. The van der Waals surface area contributed by atoms with E-state index in [2.05, 4.69) is 0 Å². The lowest BCUT2D eigenvalue weighted by Crippen LogP contribution is -2.27. The van der Waals surface area contributed by atoms with Gasteiger partial charge < -0.3 is 4.74 Å². The van der Waals surface area contributed by atoms with E-state index in [1.165, 1.54) is 0 Å². The minimum absolute atomic E-state index is 0.0127. The average molecular weight is 313 g/mol. The summed E-state index contributed by atoms with van der Waals surface area (Å²) in [5.74, 6) is 0.325. The molecule has 0 fully saturated rings. The van der Waals surface area contributed by atoms with Crippen molar-refractivity contribution in [2.24, 2.45) is 5.92 Å². The highest BCUT2D eigenvalue weighted by atomic mass is 35.5. The predicted molar refractivity (Wildman–Crippen MR) is 88.5 cm³/mol. The first-order valence-corrected chi connectivity index (χ1v) is 7.81. The summed E-state index contributed by atoms with van der Waals surface area (Å²) in [5, 5.41) is 0.697. The lowest BCUT2D eigenvalue weighted by Gasteiger charge is -2.28. The van der Waals surface area contributed by atoms with E-state index in [1.807, 2.05) is 67.6 Å². The number of esters is 1. The molecule has 22 heavy (non-hydrogen) atoms. The molecule has 2 aromatic rings. The summed E-state index contributed by atoms with van der Waals surface area (Å²) in [6, 6.07) is 17.4. The van der Waals surface area contributed by atoms with Crippen molar-refractivity contribution in [2.75, 3.05) is 0 Å². The second-order valence-electron chi connectivity index (χ2n) is 5.41. The van der Waals surface area contributed by atoms with Gasteiger partial charge in [-0.2, -0.15) is 0 Å². The number of benzene rings is 2. The van der Waals surface area contributed by atoms with E-state index in [4.69, 9.17) is 16.3 Å². The highest BCUT2D eigenvalue weighted by Crippen LogP contribution is 2.38.